The highest BCUT2D eigenvalue weighted by Gasteiger charge is 2.17. The highest BCUT2D eigenvalue weighted by atomic mass is 16.5. The third-order valence-corrected chi connectivity index (χ3v) is 3.75. The fourth-order valence-electron chi connectivity index (χ4n) is 2.38. The highest BCUT2D eigenvalue weighted by molar-refractivity contribution is 5.71. The third-order valence-electron chi connectivity index (χ3n) is 3.75. The molecule has 0 saturated carbocycles. The van der Waals surface area contributed by atoms with Crippen molar-refractivity contribution in [3.05, 3.63) is 0 Å². The first-order valence-corrected chi connectivity index (χ1v) is 8.61. The summed E-state index contributed by atoms with van der Waals surface area (Å²) in [6.07, 6.45) is 9.38. The topological polar surface area (TPSA) is 83.8 Å². The van der Waals surface area contributed by atoms with Crippen molar-refractivity contribution in [3.63, 3.8) is 0 Å². The quantitative estimate of drug-likeness (QED) is 0.357. The van der Waals surface area contributed by atoms with Crippen LogP contribution >= 0.6 is 0 Å². The molecule has 0 bridgehead atoms. The summed E-state index contributed by atoms with van der Waals surface area (Å²) in [4.78, 5) is 22.6. The van der Waals surface area contributed by atoms with Crippen LogP contribution in [0, 0.1) is 5.92 Å². The Hall–Kier alpha value is -1.10. The number of aliphatic carboxylic acids is 1. The van der Waals surface area contributed by atoms with Gasteiger partial charge in [-0.15, -0.1) is 0 Å². The van der Waals surface area contributed by atoms with Gasteiger partial charge in [0, 0.05) is 19.4 Å². The lowest BCUT2D eigenvalue weighted by Gasteiger charge is -2.12. The molecule has 5 heteroatoms. The standard InChI is InChI=1S/C17H32O5/c1-2-3-4-5-6-7-10-15(17(20)21)11-8-12-16(19)22-14-9-13-18/h15,18H,2-14H2,1H3,(H,20,21). The zero-order valence-electron chi connectivity index (χ0n) is 13.9. The van der Waals surface area contributed by atoms with Gasteiger partial charge in [0.15, 0.2) is 0 Å². The van der Waals surface area contributed by atoms with E-state index in [1.165, 1.54) is 25.7 Å². The summed E-state index contributed by atoms with van der Waals surface area (Å²) >= 11 is 0. The molecule has 22 heavy (non-hydrogen) atoms. The number of rotatable bonds is 15. The van der Waals surface area contributed by atoms with Crippen LogP contribution in [0.3, 0.4) is 0 Å². The number of esters is 1. The molecule has 0 amide bonds. The number of unbranched alkanes of at least 4 members (excludes halogenated alkanes) is 5. The average Bonchev–Trinajstić information content (AvgIpc) is 2.48. The van der Waals surface area contributed by atoms with E-state index in [-0.39, 0.29) is 31.5 Å². The van der Waals surface area contributed by atoms with Crippen LogP contribution in [0.1, 0.15) is 77.6 Å². The predicted molar refractivity (Wildman–Crippen MR) is 85.6 cm³/mol. The number of hydrogen-bond donors (Lipinski definition) is 2. The van der Waals surface area contributed by atoms with E-state index in [0.717, 1.165) is 12.8 Å². The molecule has 0 heterocycles. The zero-order chi connectivity index (χ0) is 16.6. The maximum Gasteiger partial charge on any atom is 0.306 e. The molecule has 0 aliphatic carbocycles. The smallest absolute Gasteiger partial charge is 0.306 e. The molecule has 0 radical (unpaired) electrons. The molecule has 2 N–H and O–H groups in total. The van der Waals surface area contributed by atoms with Gasteiger partial charge < -0.3 is 14.9 Å². The van der Waals surface area contributed by atoms with E-state index >= 15 is 0 Å². The first kappa shape index (κ1) is 20.9. The molecule has 0 aliphatic rings. The summed E-state index contributed by atoms with van der Waals surface area (Å²) in [5.74, 6) is -1.42. The van der Waals surface area contributed by atoms with Crippen molar-refractivity contribution in [1.82, 2.24) is 0 Å². The normalized spacial score (nSPS) is 12.1. The summed E-state index contributed by atoms with van der Waals surface area (Å²) in [7, 11) is 0. The van der Waals surface area contributed by atoms with Gasteiger partial charge in [0.25, 0.3) is 0 Å². The number of aliphatic hydroxyl groups is 1. The Labute approximate surface area is 134 Å². The Kier molecular flexibility index (Phi) is 14.1. The number of carbonyl (C=O) groups excluding carboxylic acids is 1. The average molecular weight is 316 g/mol. The minimum absolute atomic E-state index is 0.00657. The fraction of sp³-hybridized carbons (Fsp3) is 0.882. The molecule has 0 fully saturated rings. The van der Waals surface area contributed by atoms with Crippen molar-refractivity contribution in [2.45, 2.75) is 77.6 Å². The fourth-order valence-corrected chi connectivity index (χ4v) is 2.38. The predicted octanol–water partition coefficient (Wildman–Crippen LogP) is 3.53. The largest absolute Gasteiger partial charge is 0.481 e. The first-order valence-electron chi connectivity index (χ1n) is 8.61. The molecular weight excluding hydrogens is 284 g/mol. The number of carboxylic acid groups (broad SMARTS) is 1. The van der Waals surface area contributed by atoms with E-state index in [9.17, 15) is 14.7 Å². The van der Waals surface area contributed by atoms with Gasteiger partial charge >= 0.3 is 11.9 Å². The summed E-state index contributed by atoms with van der Waals surface area (Å²) < 4.78 is 4.91. The van der Waals surface area contributed by atoms with Gasteiger partial charge in [0.1, 0.15) is 0 Å². The first-order chi connectivity index (χ1) is 10.6. The lowest BCUT2D eigenvalue weighted by atomic mass is 9.95. The van der Waals surface area contributed by atoms with Gasteiger partial charge in [-0.1, -0.05) is 45.4 Å². The zero-order valence-corrected chi connectivity index (χ0v) is 13.9. The van der Waals surface area contributed by atoms with Crippen molar-refractivity contribution in [1.29, 1.82) is 0 Å². The van der Waals surface area contributed by atoms with Gasteiger partial charge in [-0.05, 0) is 19.3 Å². The van der Waals surface area contributed by atoms with Crippen LogP contribution in [0.4, 0.5) is 0 Å². The van der Waals surface area contributed by atoms with Crippen LogP contribution in [0.15, 0.2) is 0 Å². The van der Waals surface area contributed by atoms with E-state index in [1.54, 1.807) is 0 Å². The Bertz CT molecular complexity index is 291. The van der Waals surface area contributed by atoms with Crippen LogP contribution < -0.4 is 0 Å². The van der Waals surface area contributed by atoms with Gasteiger partial charge in [-0.3, -0.25) is 9.59 Å². The van der Waals surface area contributed by atoms with Gasteiger partial charge in [0.2, 0.25) is 0 Å². The monoisotopic (exact) mass is 316 g/mol. The lowest BCUT2D eigenvalue weighted by Crippen LogP contribution is -2.15. The van der Waals surface area contributed by atoms with Crippen LogP contribution in [-0.4, -0.2) is 35.4 Å². The van der Waals surface area contributed by atoms with Crippen molar-refractivity contribution < 1.29 is 24.5 Å². The Morgan fingerprint density at radius 2 is 1.59 bits per heavy atom. The van der Waals surface area contributed by atoms with Gasteiger partial charge in [0.05, 0.1) is 12.5 Å². The van der Waals surface area contributed by atoms with Crippen molar-refractivity contribution in [2.24, 2.45) is 5.92 Å². The second kappa shape index (κ2) is 14.8. The third kappa shape index (κ3) is 12.6. The Morgan fingerprint density at radius 3 is 2.23 bits per heavy atom. The molecule has 1 unspecified atom stereocenters. The van der Waals surface area contributed by atoms with Gasteiger partial charge in [-0.2, -0.15) is 0 Å². The number of aliphatic hydroxyl groups excluding tert-OH is 1. The SMILES string of the molecule is CCCCCCCCC(CCCC(=O)OCCCO)C(=O)O. The molecule has 0 aliphatic heterocycles. The number of carboxylic acids is 1. The molecular formula is C17H32O5. The van der Waals surface area contributed by atoms with E-state index in [4.69, 9.17) is 9.84 Å². The number of carbonyl (C=O) groups is 2. The summed E-state index contributed by atoms with van der Waals surface area (Å²) in [5, 5.41) is 17.8. The summed E-state index contributed by atoms with van der Waals surface area (Å²) in [6.45, 7) is 2.41. The van der Waals surface area contributed by atoms with E-state index < -0.39 is 5.97 Å². The maximum absolute atomic E-state index is 11.4. The van der Waals surface area contributed by atoms with Crippen LogP contribution in [0.5, 0.6) is 0 Å². The lowest BCUT2D eigenvalue weighted by molar-refractivity contribution is -0.145. The maximum atomic E-state index is 11.4. The second-order valence-electron chi connectivity index (χ2n) is 5.78. The van der Waals surface area contributed by atoms with E-state index in [1.807, 2.05) is 0 Å². The molecule has 1 atom stereocenters. The second-order valence-corrected chi connectivity index (χ2v) is 5.78. The molecule has 5 nitrogen and oxygen atoms in total. The number of hydrogen-bond acceptors (Lipinski definition) is 4. The van der Waals surface area contributed by atoms with E-state index in [2.05, 4.69) is 6.92 Å². The summed E-state index contributed by atoms with van der Waals surface area (Å²) in [6, 6.07) is 0. The summed E-state index contributed by atoms with van der Waals surface area (Å²) in [5.41, 5.74) is 0. The highest BCUT2D eigenvalue weighted by Crippen LogP contribution is 2.18. The molecule has 0 spiro atoms. The van der Waals surface area contributed by atoms with Crippen LogP contribution in [0.2, 0.25) is 0 Å². The molecule has 0 aromatic rings. The number of ether oxygens (including phenoxy) is 1. The minimum atomic E-state index is -0.762. The van der Waals surface area contributed by atoms with Crippen molar-refractivity contribution in [3.8, 4) is 0 Å². The molecule has 0 rings (SSSR count). The minimum Gasteiger partial charge on any atom is -0.481 e. The van der Waals surface area contributed by atoms with Crippen LogP contribution in [0.25, 0.3) is 0 Å². The van der Waals surface area contributed by atoms with Crippen LogP contribution in [-0.2, 0) is 14.3 Å². The van der Waals surface area contributed by atoms with Crippen molar-refractivity contribution >= 4 is 11.9 Å². The molecule has 0 saturated heterocycles. The molecule has 0 aromatic heterocycles. The Balaban J connectivity index is 3.72. The van der Waals surface area contributed by atoms with E-state index in [0.29, 0.717) is 25.7 Å². The molecule has 0 aromatic carbocycles. The Morgan fingerprint density at radius 1 is 0.955 bits per heavy atom. The molecule has 130 valence electrons. The van der Waals surface area contributed by atoms with Crippen molar-refractivity contribution in [2.75, 3.05) is 13.2 Å². The van der Waals surface area contributed by atoms with Gasteiger partial charge in [-0.25, -0.2) is 0 Å².